The molecule has 3 heteroatoms. The SMILES string of the molecule is CC=Cc1occc(=O)c1CO. The second kappa shape index (κ2) is 3.88. The van der Waals surface area contributed by atoms with Crippen molar-refractivity contribution in [3.63, 3.8) is 0 Å². The van der Waals surface area contributed by atoms with Gasteiger partial charge in [0, 0.05) is 6.07 Å². The maximum Gasteiger partial charge on any atom is 0.190 e. The Morgan fingerprint density at radius 2 is 2.42 bits per heavy atom. The highest BCUT2D eigenvalue weighted by Gasteiger charge is 2.03. The van der Waals surface area contributed by atoms with Gasteiger partial charge < -0.3 is 9.52 Å². The van der Waals surface area contributed by atoms with Crippen LogP contribution in [-0.2, 0) is 6.61 Å². The summed E-state index contributed by atoms with van der Waals surface area (Å²) < 4.78 is 5.02. The number of hydrogen-bond donors (Lipinski definition) is 1. The van der Waals surface area contributed by atoms with Crippen molar-refractivity contribution in [1.82, 2.24) is 0 Å². The van der Waals surface area contributed by atoms with Crippen LogP contribution >= 0.6 is 0 Å². The molecule has 0 saturated heterocycles. The number of aliphatic hydroxyl groups excluding tert-OH is 1. The third-order valence-corrected chi connectivity index (χ3v) is 1.49. The van der Waals surface area contributed by atoms with E-state index in [-0.39, 0.29) is 12.0 Å². The van der Waals surface area contributed by atoms with E-state index in [1.807, 2.05) is 6.92 Å². The van der Waals surface area contributed by atoms with E-state index in [4.69, 9.17) is 9.52 Å². The van der Waals surface area contributed by atoms with Crippen LogP contribution in [0.15, 0.2) is 27.6 Å². The minimum Gasteiger partial charge on any atom is -0.464 e. The first-order chi connectivity index (χ1) is 5.79. The summed E-state index contributed by atoms with van der Waals surface area (Å²) >= 11 is 0. The van der Waals surface area contributed by atoms with E-state index >= 15 is 0 Å². The lowest BCUT2D eigenvalue weighted by atomic mass is 10.2. The van der Waals surface area contributed by atoms with Gasteiger partial charge in [0.05, 0.1) is 18.4 Å². The second-order valence-corrected chi connectivity index (χ2v) is 2.29. The molecule has 0 fully saturated rings. The first kappa shape index (κ1) is 8.74. The van der Waals surface area contributed by atoms with Crippen LogP contribution in [0.3, 0.4) is 0 Å². The molecule has 64 valence electrons. The van der Waals surface area contributed by atoms with Crippen molar-refractivity contribution in [3.05, 3.63) is 40.0 Å². The first-order valence-corrected chi connectivity index (χ1v) is 3.64. The fraction of sp³-hybridized carbons (Fsp3) is 0.222. The van der Waals surface area contributed by atoms with Crippen molar-refractivity contribution < 1.29 is 9.52 Å². The van der Waals surface area contributed by atoms with Gasteiger partial charge in [-0.3, -0.25) is 4.79 Å². The van der Waals surface area contributed by atoms with Gasteiger partial charge in [0.15, 0.2) is 5.43 Å². The van der Waals surface area contributed by atoms with Crippen molar-refractivity contribution >= 4 is 6.08 Å². The molecular weight excluding hydrogens is 156 g/mol. The first-order valence-electron chi connectivity index (χ1n) is 3.64. The molecule has 1 heterocycles. The summed E-state index contributed by atoms with van der Waals surface area (Å²) in [6, 6.07) is 1.29. The fourth-order valence-electron chi connectivity index (χ4n) is 0.909. The largest absolute Gasteiger partial charge is 0.464 e. The molecule has 3 nitrogen and oxygen atoms in total. The third-order valence-electron chi connectivity index (χ3n) is 1.49. The molecule has 0 aromatic carbocycles. The Hall–Kier alpha value is -1.35. The van der Waals surface area contributed by atoms with E-state index in [1.54, 1.807) is 12.2 Å². The maximum absolute atomic E-state index is 11.1. The summed E-state index contributed by atoms with van der Waals surface area (Å²) in [5.74, 6) is 0.424. The van der Waals surface area contributed by atoms with Gasteiger partial charge in [-0.15, -0.1) is 0 Å². The maximum atomic E-state index is 11.1. The molecule has 0 bridgehead atoms. The van der Waals surface area contributed by atoms with Gasteiger partial charge >= 0.3 is 0 Å². The van der Waals surface area contributed by atoms with Crippen molar-refractivity contribution in [2.75, 3.05) is 0 Å². The molecule has 0 radical (unpaired) electrons. The molecule has 0 aliphatic rings. The summed E-state index contributed by atoms with van der Waals surface area (Å²) in [6.45, 7) is 1.52. The van der Waals surface area contributed by atoms with E-state index in [1.165, 1.54) is 12.3 Å². The minimum atomic E-state index is -0.289. The Bertz CT molecular complexity index is 336. The summed E-state index contributed by atoms with van der Waals surface area (Å²) in [7, 11) is 0. The number of hydrogen-bond acceptors (Lipinski definition) is 3. The lowest BCUT2D eigenvalue weighted by molar-refractivity contribution is 0.276. The second-order valence-electron chi connectivity index (χ2n) is 2.29. The highest BCUT2D eigenvalue weighted by atomic mass is 16.3. The quantitative estimate of drug-likeness (QED) is 0.717. The van der Waals surface area contributed by atoms with E-state index in [0.717, 1.165) is 0 Å². The molecule has 1 N–H and O–H groups in total. The van der Waals surface area contributed by atoms with Gasteiger partial charge in [-0.1, -0.05) is 6.08 Å². The van der Waals surface area contributed by atoms with Crippen LogP contribution < -0.4 is 5.43 Å². The van der Waals surface area contributed by atoms with Crippen molar-refractivity contribution in [1.29, 1.82) is 0 Å². The highest BCUT2D eigenvalue weighted by molar-refractivity contribution is 5.46. The van der Waals surface area contributed by atoms with Crippen LogP contribution in [0.2, 0.25) is 0 Å². The van der Waals surface area contributed by atoms with Crippen molar-refractivity contribution in [2.24, 2.45) is 0 Å². The predicted octanol–water partition coefficient (Wildman–Crippen LogP) is 1.17. The Kier molecular flexibility index (Phi) is 2.82. The lowest BCUT2D eigenvalue weighted by Gasteiger charge is -1.97. The number of allylic oxidation sites excluding steroid dienone is 1. The fourth-order valence-corrected chi connectivity index (χ4v) is 0.909. The Morgan fingerprint density at radius 3 is 3.00 bits per heavy atom. The smallest absolute Gasteiger partial charge is 0.190 e. The molecule has 0 atom stereocenters. The van der Waals surface area contributed by atoms with Crippen LogP contribution in [0, 0.1) is 0 Å². The molecule has 0 aliphatic carbocycles. The van der Waals surface area contributed by atoms with Crippen LogP contribution in [0.4, 0.5) is 0 Å². The standard InChI is InChI=1S/C9H10O3/c1-2-3-9-7(6-10)8(11)4-5-12-9/h2-5,10H,6H2,1H3. The summed E-state index contributed by atoms with van der Waals surface area (Å²) in [5, 5.41) is 8.83. The van der Waals surface area contributed by atoms with Crippen molar-refractivity contribution in [2.45, 2.75) is 13.5 Å². The number of rotatable bonds is 2. The molecule has 0 saturated carbocycles. The van der Waals surface area contributed by atoms with Crippen LogP contribution in [0.25, 0.3) is 6.08 Å². The molecular formula is C9H10O3. The zero-order chi connectivity index (χ0) is 8.97. The molecule has 0 aliphatic heterocycles. The molecule has 1 rings (SSSR count). The summed E-state index contributed by atoms with van der Waals surface area (Å²) in [5.41, 5.74) is 0.104. The summed E-state index contributed by atoms with van der Waals surface area (Å²) in [4.78, 5) is 11.1. The predicted molar refractivity (Wildman–Crippen MR) is 45.6 cm³/mol. The average molecular weight is 166 g/mol. The van der Waals surface area contributed by atoms with Crippen LogP contribution in [-0.4, -0.2) is 5.11 Å². The normalized spacial score (nSPS) is 10.8. The van der Waals surface area contributed by atoms with E-state index in [9.17, 15) is 4.79 Å². The number of aliphatic hydroxyl groups is 1. The molecule has 0 spiro atoms. The minimum absolute atomic E-state index is 0.197. The highest BCUT2D eigenvalue weighted by Crippen LogP contribution is 2.05. The average Bonchev–Trinajstić information content (AvgIpc) is 2.05. The van der Waals surface area contributed by atoms with Gasteiger partial charge in [0.2, 0.25) is 0 Å². The van der Waals surface area contributed by atoms with E-state index in [2.05, 4.69) is 0 Å². The molecule has 0 amide bonds. The molecule has 0 unspecified atom stereocenters. The third kappa shape index (κ3) is 1.62. The Balaban J connectivity index is 3.27. The summed E-state index contributed by atoms with van der Waals surface area (Å²) in [6.07, 6.45) is 4.71. The Labute approximate surface area is 70.0 Å². The molecule has 1 aromatic rings. The van der Waals surface area contributed by atoms with E-state index < -0.39 is 0 Å². The van der Waals surface area contributed by atoms with Crippen molar-refractivity contribution in [3.8, 4) is 0 Å². The molecule has 12 heavy (non-hydrogen) atoms. The van der Waals surface area contributed by atoms with Crippen LogP contribution in [0.5, 0.6) is 0 Å². The zero-order valence-electron chi connectivity index (χ0n) is 6.78. The lowest BCUT2D eigenvalue weighted by Crippen LogP contribution is -2.08. The van der Waals surface area contributed by atoms with Gasteiger partial charge in [0.1, 0.15) is 5.76 Å². The Morgan fingerprint density at radius 1 is 1.67 bits per heavy atom. The monoisotopic (exact) mass is 166 g/mol. The van der Waals surface area contributed by atoms with E-state index in [0.29, 0.717) is 11.3 Å². The van der Waals surface area contributed by atoms with Gasteiger partial charge in [-0.05, 0) is 13.0 Å². The van der Waals surface area contributed by atoms with Crippen LogP contribution in [0.1, 0.15) is 18.2 Å². The topological polar surface area (TPSA) is 50.4 Å². The zero-order valence-corrected chi connectivity index (χ0v) is 6.78. The van der Waals surface area contributed by atoms with Gasteiger partial charge in [0.25, 0.3) is 0 Å². The van der Waals surface area contributed by atoms with Gasteiger partial charge in [-0.25, -0.2) is 0 Å². The molecule has 1 aromatic heterocycles. The van der Waals surface area contributed by atoms with Gasteiger partial charge in [-0.2, -0.15) is 0 Å².